The molecule has 1 amide bonds. The lowest BCUT2D eigenvalue weighted by molar-refractivity contribution is -0.133. The summed E-state index contributed by atoms with van der Waals surface area (Å²) in [5.41, 5.74) is 1.10. The number of hydrogen-bond donors (Lipinski definition) is 1. The zero-order valence-electron chi connectivity index (χ0n) is 21.3. The second-order valence-corrected chi connectivity index (χ2v) is 8.17. The molecular formula is C31H45NO2. The minimum absolute atomic E-state index is 0.0239. The molecule has 1 N–H and O–H groups in total. The van der Waals surface area contributed by atoms with E-state index in [1.54, 1.807) is 0 Å². The molecule has 1 atom stereocenters. The maximum atomic E-state index is 12.3. The molecule has 0 saturated heterocycles. The van der Waals surface area contributed by atoms with Crippen molar-refractivity contribution in [1.29, 1.82) is 0 Å². The van der Waals surface area contributed by atoms with Gasteiger partial charge in [-0.2, -0.15) is 0 Å². The van der Waals surface area contributed by atoms with Crippen LogP contribution in [0.25, 0.3) is 0 Å². The lowest BCUT2D eigenvalue weighted by Gasteiger charge is -2.16. The van der Waals surface area contributed by atoms with Crippen molar-refractivity contribution in [3.63, 3.8) is 0 Å². The Morgan fingerprint density at radius 1 is 0.794 bits per heavy atom. The highest BCUT2D eigenvalue weighted by Crippen LogP contribution is 2.05. The van der Waals surface area contributed by atoms with E-state index in [2.05, 4.69) is 73.0 Å². The van der Waals surface area contributed by atoms with Gasteiger partial charge in [-0.25, -0.2) is 0 Å². The number of benzene rings is 1. The number of nitrogens with one attached hydrogen (secondary N) is 1. The van der Waals surface area contributed by atoms with Crippen LogP contribution in [-0.2, 0) is 16.1 Å². The Kier molecular flexibility index (Phi) is 19.1. The quantitative estimate of drug-likeness (QED) is 0.167. The molecule has 3 heteroatoms. The van der Waals surface area contributed by atoms with Crippen LogP contribution in [0.4, 0.5) is 0 Å². The number of allylic oxidation sites excluding steroid dienone is 10. The van der Waals surface area contributed by atoms with E-state index in [1.165, 1.54) is 0 Å². The number of carbonyl (C=O) groups excluding carboxylic acids is 1. The third kappa shape index (κ3) is 16.9. The van der Waals surface area contributed by atoms with Crippen LogP contribution in [0.5, 0.6) is 0 Å². The molecule has 1 unspecified atom stereocenters. The van der Waals surface area contributed by atoms with Crippen molar-refractivity contribution in [1.82, 2.24) is 5.32 Å². The molecule has 0 aliphatic rings. The summed E-state index contributed by atoms with van der Waals surface area (Å²) in [4.78, 5) is 12.3. The van der Waals surface area contributed by atoms with Crippen LogP contribution >= 0.6 is 0 Å². The van der Waals surface area contributed by atoms with Gasteiger partial charge in [-0.15, -0.1) is 0 Å². The fourth-order valence-electron chi connectivity index (χ4n) is 3.24. The topological polar surface area (TPSA) is 38.3 Å². The van der Waals surface area contributed by atoms with Gasteiger partial charge >= 0.3 is 0 Å². The average Bonchev–Trinajstić information content (AvgIpc) is 2.87. The molecular weight excluding hydrogens is 418 g/mol. The molecule has 0 heterocycles. The number of unbranched alkanes of at least 4 members (excludes halogenated alkanes) is 2. The second kappa shape index (κ2) is 22.2. The standard InChI is InChI=1S/C31H45NO2/c1-3-5-6-7-8-9-10-11-12-13-14-15-16-17-18-19-20-24-27-34-30(4-2)31(33)32-28-29-25-22-21-23-26-29/h5-6,8-9,11-12,14-15,17-18,21-23,25-26,30H,3-4,7,10,13,16,19-20,24,27-28H2,1-2H3,(H,32,33)/b6-5-,9-8-,12-11-,15-14-,18-17-. The first-order valence-electron chi connectivity index (χ1n) is 13.0. The van der Waals surface area contributed by atoms with Gasteiger partial charge in [0.2, 0.25) is 5.91 Å². The summed E-state index contributed by atoms with van der Waals surface area (Å²) >= 11 is 0. The lowest BCUT2D eigenvalue weighted by atomic mass is 10.2. The van der Waals surface area contributed by atoms with Crippen molar-refractivity contribution in [2.24, 2.45) is 0 Å². The number of amides is 1. The van der Waals surface area contributed by atoms with Gasteiger partial charge < -0.3 is 10.1 Å². The van der Waals surface area contributed by atoms with E-state index < -0.39 is 0 Å². The van der Waals surface area contributed by atoms with E-state index >= 15 is 0 Å². The van der Waals surface area contributed by atoms with Crippen molar-refractivity contribution in [3.8, 4) is 0 Å². The normalized spacial score (nSPS) is 13.2. The van der Waals surface area contributed by atoms with Crippen LogP contribution < -0.4 is 5.32 Å². The van der Waals surface area contributed by atoms with Gasteiger partial charge in [0, 0.05) is 13.2 Å². The average molecular weight is 464 g/mol. The zero-order valence-corrected chi connectivity index (χ0v) is 21.3. The van der Waals surface area contributed by atoms with Gasteiger partial charge in [-0.05, 0) is 63.4 Å². The molecule has 0 fully saturated rings. The zero-order chi connectivity index (χ0) is 24.5. The molecule has 1 aromatic carbocycles. The van der Waals surface area contributed by atoms with Gasteiger partial charge in [0.1, 0.15) is 6.10 Å². The molecule has 1 aromatic rings. The van der Waals surface area contributed by atoms with Gasteiger partial charge in [0.15, 0.2) is 0 Å². The highest BCUT2D eigenvalue weighted by molar-refractivity contribution is 5.80. The highest BCUT2D eigenvalue weighted by atomic mass is 16.5. The Labute approximate surface area is 208 Å². The molecule has 0 radical (unpaired) electrons. The molecule has 0 bridgehead atoms. The molecule has 0 aromatic heterocycles. The van der Waals surface area contributed by atoms with Gasteiger partial charge in [0.25, 0.3) is 0 Å². The van der Waals surface area contributed by atoms with E-state index in [0.29, 0.717) is 19.6 Å². The van der Waals surface area contributed by atoms with Crippen molar-refractivity contribution >= 4 is 5.91 Å². The lowest BCUT2D eigenvalue weighted by Crippen LogP contribution is -2.35. The monoisotopic (exact) mass is 463 g/mol. The Bertz CT molecular complexity index is 759. The minimum atomic E-state index is -0.364. The highest BCUT2D eigenvalue weighted by Gasteiger charge is 2.16. The van der Waals surface area contributed by atoms with Gasteiger partial charge in [-0.1, -0.05) is 105 Å². The van der Waals surface area contributed by atoms with E-state index in [4.69, 9.17) is 4.74 Å². The van der Waals surface area contributed by atoms with Gasteiger partial charge in [0.05, 0.1) is 0 Å². The molecule has 0 saturated carbocycles. The summed E-state index contributed by atoms with van der Waals surface area (Å²) < 4.78 is 5.81. The van der Waals surface area contributed by atoms with Crippen LogP contribution in [0.3, 0.4) is 0 Å². The Morgan fingerprint density at radius 2 is 1.35 bits per heavy atom. The molecule has 0 spiro atoms. The van der Waals surface area contributed by atoms with E-state index in [9.17, 15) is 4.79 Å². The van der Waals surface area contributed by atoms with Crippen LogP contribution in [0.1, 0.15) is 77.2 Å². The minimum Gasteiger partial charge on any atom is -0.368 e. The van der Waals surface area contributed by atoms with E-state index in [-0.39, 0.29) is 12.0 Å². The summed E-state index contributed by atoms with van der Waals surface area (Å²) in [6.45, 7) is 5.32. The Hall–Kier alpha value is -2.65. The van der Waals surface area contributed by atoms with Crippen molar-refractivity contribution < 1.29 is 9.53 Å². The van der Waals surface area contributed by atoms with E-state index in [0.717, 1.165) is 56.9 Å². The second-order valence-electron chi connectivity index (χ2n) is 8.17. The SMILES string of the molecule is CC/C=C\C/C=C\C/C=C\C/C=C\C/C=C\CCCCOC(CC)C(=O)NCc1ccccc1. The van der Waals surface area contributed by atoms with Crippen molar-refractivity contribution in [3.05, 3.63) is 96.7 Å². The van der Waals surface area contributed by atoms with Crippen LogP contribution in [-0.4, -0.2) is 18.6 Å². The van der Waals surface area contributed by atoms with Crippen molar-refractivity contribution in [2.45, 2.75) is 84.3 Å². The maximum Gasteiger partial charge on any atom is 0.249 e. The molecule has 0 aliphatic heterocycles. The molecule has 1 rings (SSSR count). The Morgan fingerprint density at radius 3 is 1.91 bits per heavy atom. The summed E-state index contributed by atoms with van der Waals surface area (Å²) in [5, 5.41) is 2.97. The van der Waals surface area contributed by atoms with E-state index in [1.807, 2.05) is 37.3 Å². The molecule has 34 heavy (non-hydrogen) atoms. The first kappa shape index (κ1) is 29.4. The number of ether oxygens (including phenoxy) is 1. The summed E-state index contributed by atoms with van der Waals surface area (Å²) in [7, 11) is 0. The van der Waals surface area contributed by atoms with Crippen LogP contribution in [0.15, 0.2) is 91.1 Å². The number of carbonyl (C=O) groups is 1. The number of hydrogen-bond acceptors (Lipinski definition) is 2. The predicted octanol–water partition coefficient (Wildman–Crippen LogP) is 8.02. The number of rotatable bonds is 19. The predicted molar refractivity (Wildman–Crippen MR) is 147 cm³/mol. The van der Waals surface area contributed by atoms with Crippen LogP contribution in [0, 0.1) is 0 Å². The first-order valence-corrected chi connectivity index (χ1v) is 13.0. The molecule has 186 valence electrons. The fraction of sp³-hybridized carbons (Fsp3) is 0.452. The van der Waals surface area contributed by atoms with Gasteiger partial charge in [-0.3, -0.25) is 4.79 Å². The molecule has 0 aliphatic carbocycles. The smallest absolute Gasteiger partial charge is 0.249 e. The molecule has 3 nitrogen and oxygen atoms in total. The maximum absolute atomic E-state index is 12.3. The first-order chi connectivity index (χ1) is 16.8. The summed E-state index contributed by atoms with van der Waals surface area (Å²) in [5.74, 6) is -0.0239. The third-order valence-corrected chi connectivity index (χ3v) is 5.21. The summed E-state index contributed by atoms with van der Waals surface area (Å²) in [6.07, 6.45) is 30.7. The largest absolute Gasteiger partial charge is 0.368 e. The third-order valence-electron chi connectivity index (χ3n) is 5.21. The Balaban J connectivity index is 2.01. The van der Waals surface area contributed by atoms with Crippen molar-refractivity contribution in [2.75, 3.05) is 6.61 Å². The van der Waals surface area contributed by atoms with Crippen LogP contribution in [0.2, 0.25) is 0 Å². The fourth-order valence-corrected chi connectivity index (χ4v) is 3.24. The summed E-state index contributed by atoms with van der Waals surface area (Å²) in [6, 6.07) is 9.95.